The Hall–Kier alpha value is -1.12. The van der Waals surface area contributed by atoms with Gasteiger partial charge in [-0.15, -0.1) is 0 Å². The number of carbonyl (C=O) groups excluding carboxylic acids is 1. The van der Waals surface area contributed by atoms with Crippen molar-refractivity contribution >= 4 is 11.8 Å². The zero-order chi connectivity index (χ0) is 15.1. The maximum absolute atomic E-state index is 12.7. The van der Waals surface area contributed by atoms with Crippen molar-refractivity contribution in [3.63, 3.8) is 0 Å². The van der Waals surface area contributed by atoms with Crippen LogP contribution in [-0.2, 0) is 9.59 Å². The quantitative estimate of drug-likeness (QED) is 0.778. The van der Waals surface area contributed by atoms with Crippen molar-refractivity contribution in [3.05, 3.63) is 11.6 Å². The van der Waals surface area contributed by atoms with Crippen molar-refractivity contribution in [1.82, 2.24) is 0 Å². The molecule has 0 aromatic rings. The molecule has 0 radical (unpaired) electrons. The van der Waals surface area contributed by atoms with Gasteiger partial charge in [-0.05, 0) is 36.2 Å². The summed E-state index contributed by atoms with van der Waals surface area (Å²) in [5.74, 6) is -0.873. The van der Waals surface area contributed by atoms with Crippen molar-refractivity contribution in [2.75, 3.05) is 0 Å². The number of carbonyl (C=O) groups is 2. The highest BCUT2D eigenvalue weighted by Crippen LogP contribution is 2.65. The molecule has 112 valence electrons. The van der Waals surface area contributed by atoms with Crippen LogP contribution in [0.25, 0.3) is 0 Å². The van der Waals surface area contributed by atoms with Crippen LogP contribution >= 0.6 is 0 Å². The minimum atomic E-state index is -0.801. The molecule has 0 aromatic heterocycles. The zero-order valence-electron chi connectivity index (χ0n) is 13.0. The van der Waals surface area contributed by atoms with Gasteiger partial charge in [-0.1, -0.05) is 46.6 Å². The Bertz CT molecular complexity index is 461. The normalized spacial score (nSPS) is 34.7. The first-order chi connectivity index (χ1) is 9.25. The topological polar surface area (TPSA) is 54.4 Å². The highest BCUT2D eigenvalue weighted by Gasteiger charge is 2.63. The van der Waals surface area contributed by atoms with Crippen LogP contribution in [0.2, 0.25) is 0 Å². The number of fused-ring (bicyclic) bond motifs is 2. The van der Waals surface area contributed by atoms with E-state index in [9.17, 15) is 14.7 Å². The fourth-order valence-electron chi connectivity index (χ4n) is 4.04. The second-order valence-corrected chi connectivity index (χ2v) is 7.18. The molecule has 0 spiro atoms. The third kappa shape index (κ3) is 2.02. The van der Waals surface area contributed by atoms with Gasteiger partial charge in [-0.3, -0.25) is 9.59 Å². The monoisotopic (exact) mass is 278 g/mol. The number of aliphatic carboxylic acids is 1. The Balaban J connectivity index is 2.31. The number of allylic oxidation sites excluding steroid dienone is 1. The first-order valence-corrected chi connectivity index (χ1v) is 7.75. The van der Waals surface area contributed by atoms with E-state index in [1.54, 1.807) is 6.08 Å². The van der Waals surface area contributed by atoms with Crippen LogP contribution in [-0.4, -0.2) is 16.9 Å². The molecule has 0 heterocycles. The molecule has 0 amide bonds. The third-order valence-electron chi connectivity index (χ3n) is 5.93. The smallest absolute Gasteiger partial charge is 0.310 e. The number of Topliss-reactive ketones (excluding diaryl/α,β-unsaturated/α-hetero) is 1. The fraction of sp³-hybridized carbons (Fsp3) is 0.765. The number of unbranched alkanes of at least 4 members (excludes halogenated alkanes) is 1. The Kier molecular flexibility index (Phi) is 3.83. The summed E-state index contributed by atoms with van der Waals surface area (Å²) < 4.78 is 0. The van der Waals surface area contributed by atoms with Crippen LogP contribution in [0, 0.1) is 22.7 Å². The SMILES string of the molecule is CCCCC(/C=C1/C(=O)C2(C)CCC1C2(C)C)C(=O)O. The summed E-state index contributed by atoms with van der Waals surface area (Å²) in [6.07, 6.45) is 6.23. The summed E-state index contributed by atoms with van der Waals surface area (Å²) in [5.41, 5.74) is 0.466. The molecule has 2 fully saturated rings. The van der Waals surface area contributed by atoms with Gasteiger partial charge in [0.25, 0.3) is 0 Å². The summed E-state index contributed by atoms with van der Waals surface area (Å²) in [4.78, 5) is 24.1. The van der Waals surface area contributed by atoms with Crippen LogP contribution in [0.4, 0.5) is 0 Å². The highest BCUT2D eigenvalue weighted by molar-refractivity contribution is 6.05. The maximum atomic E-state index is 12.7. The molecule has 2 aliphatic carbocycles. The third-order valence-corrected chi connectivity index (χ3v) is 5.93. The number of carboxylic acids is 1. The maximum Gasteiger partial charge on any atom is 0.310 e. The fourth-order valence-corrected chi connectivity index (χ4v) is 4.04. The second-order valence-electron chi connectivity index (χ2n) is 7.18. The van der Waals surface area contributed by atoms with Crippen molar-refractivity contribution in [3.8, 4) is 0 Å². The van der Waals surface area contributed by atoms with Gasteiger partial charge in [0.2, 0.25) is 0 Å². The predicted octanol–water partition coefficient (Wildman–Crippen LogP) is 3.83. The van der Waals surface area contributed by atoms with Gasteiger partial charge in [0.05, 0.1) is 5.92 Å². The van der Waals surface area contributed by atoms with Gasteiger partial charge in [0.1, 0.15) is 0 Å². The van der Waals surface area contributed by atoms with E-state index in [0.717, 1.165) is 31.3 Å². The highest BCUT2D eigenvalue weighted by atomic mass is 16.4. The van der Waals surface area contributed by atoms with E-state index in [-0.39, 0.29) is 22.5 Å². The summed E-state index contributed by atoms with van der Waals surface area (Å²) in [6, 6.07) is 0. The van der Waals surface area contributed by atoms with Crippen LogP contribution in [0.5, 0.6) is 0 Å². The number of hydrogen-bond acceptors (Lipinski definition) is 2. The summed E-state index contributed by atoms with van der Waals surface area (Å²) in [5, 5.41) is 9.36. The molecule has 1 N–H and O–H groups in total. The molecule has 2 rings (SSSR count). The molecule has 3 nitrogen and oxygen atoms in total. The number of hydrogen-bond donors (Lipinski definition) is 1. The van der Waals surface area contributed by atoms with Crippen LogP contribution in [0.15, 0.2) is 11.6 Å². The largest absolute Gasteiger partial charge is 0.481 e. The summed E-state index contributed by atoms with van der Waals surface area (Å²) in [7, 11) is 0. The Morgan fingerprint density at radius 3 is 2.55 bits per heavy atom. The standard InChI is InChI=1S/C17H26O3/c1-5-6-7-11(15(19)20)10-12-13-8-9-17(4,14(12)18)16(13,2)3/h10-11,13H,5-9H2,1-4H3,(H,19,20)/b12-10+. The summed E-state index contributed by atoms with van der Waals surface area (Å²) >= 11 is 0. The molecule has 0 aliphatic heterocycles. The van der Waals surface area contributed by atoms with Crippen molar-refractivity contribution in [2.45, 2.75) is 59.8 Å². The molecule has 20 heavy (non-hydrogen) atoms. The number of rotatable bonds is 5. The zero-order valence-corrected chi connectivity index (χ0v) is 13.0. The minimum absolute atomic E-state index is 0.0380. The second kappa shape index (κ2) is 5.01. The molecular weight excluding hydrogens is 252 g/mol. The molecular formula is C17H26O3. The lowest BCUT2D eigenvalue weighted by atomic mass is 9.70. The number of ketones is 1. The van der Waals surface area contributed by atoms with Gasteiger partial charge in [-0.25, -0.2) is 0 Å². The Labute approximate surface area is 121 Å². The van der Waals surface area contributed by atoms with E-state index in [4.69, 9.17) is 0 Å². The molecule has 2 aliphatic rings. The molecule has 2 saturated carbocycles. The average molecular weight is 278 g/mol. The van der Waals surface area contributed by atoms with Gasteiger partial charge >= 0.3 is 5.97 Å². The van der Waals surface area contributed by atoms with Gasteiger partial charge in [-0.2, -0.15) is 0 Å². The first kappa shape index (κ1) is 15.3. The molecule has 3 heteroatoms. The van der Waals surface area contributed by atoms with Crippen LogP contribution in [0.3, 0.4) is 0 Å². The summed E-state index contributed by atoms with van der Waals surface area (Å²) in [6.45, 7) is 8.42. The molecule has 0 saturated heterocycles. The average Bonchev–Trinajstić information content (AvgIpc) is 2.67. The Morgan fingerprint density at radius 2 is 2.10 bits per heavy atom. The van der Waals surface area contributed by atoms with E-state index in [0.29, 0.717) is 6.42 Å². The lowest BCUT2D eigenvalue weighted by Gasteiger charge is -2.31. The van der Waals surface area contributed by atoms with E-state index in [1.807, 2.05) is 0 Å². The van der Waals surface area contributed by atoms with Crippen molar-refractivity contribution < 1.29 is 14.7 Å². The van der Waals surface area contributed by atoms with E-state index in [1.165, 1.54) is 0 Å². The predicted molar refractivity (Wildman–Crippen MR) is 78.4 cm³/mol. The lowest BCUT2D eigenvalue weighted by Crippen LogP contribution is -2.32. The minimum Gasteiger partial charge on any atom is -0.481 e. The van der Waals surface area contributed by atoms with Crippen LogP contribution in [0.1, 0.15) is 59.8 Å². The van der Waals surface area contributed by atoms with E-state index < -0.39 is 11.9 Å². The van der Waals surface area contributed by atoms with Gasteiger partial charge < -0.3 is 5.11 Å². The Morgan fingerprint density at radius 1 is 1.45 bits per heavy atom. The van der Waals surface area contributed by atoms with Gasteiger partial charge in [0.15, 0.2) is 5.78 Å². The van der Waals surface area contributed by atoms with Crippen molar-refractivity contribution in [2.24, 2.45) is 22.7 Å². The van der Waals surface area contributed by atoms with E-state index >= 15 is 0 Å². The lowest BCUT2D eigenvalue weighted by molar-refractivity contribution is -0.140. The van der Waals surface area contributed by atoms with E-state index in [2.05, 4.69) is 27.7 Å². The molecule has 3 atom stereocenters. The van der Waals surface area contributed by atoms with Crippen molar-refractivity contribution in [1.29, 1.82) is 0 Å². The van der Waals surface area contributed by atoms with Gasteiger partial charge in [0, 0.05) is 5.41 Å². The first-order valence-electron chi connectivity index (χ1n) is 7.75. The van der Waals surface area contributed by atoms with Crippen LogP contribution < -0.4 is 0 Å². The number of carboxylic acid groups (broad SMARTS) is 1. The molecule has 3 unspecified atom stereocenters. The molecule has 0 aromatic carbocycles. The molecule has 2 bridgehead atoms.